The molecule has 1 atom stereocenters. The van der Waals surface area contributed by atoms with Gasteiger partial charge in [0, 0.05) is 26.2 Å². The largest absolute Gasteiger partial charge is 0.356 e. The Morgan fingerprint density at radius 2 is 2.00 bits per heavy atom. The maximum atomic E-state index is 12.4. The van der Waals surface area contributed by atoms with Gasteiger partial charge >= 0.3 is 0 Å². The molecule has 0 spiro atoms. The third-order valence-corrected chi connectivity index (χ3v) is 5.77. The van der Waals surface area contributed by atoms with Crippen LogP contribution >= 0.6 is 0 Å². The number of piperazine rings is 1. The van der Waals surface area contributed by atoms with Gasteiger partial charge in [0.2, 0.25) is 11.8 Å². The van der Waals surface area contributed by atoms with Crippen molar-refractivity contribution in [2.45, 2.75) is 58.0 Å². The SMILES string of the molecule is Cc1ccccc1CN1CCNC(=O)[C@@H]1CC(=O)NCC1CCCCC1. The van der Waals surface area contributed by atoms with Gasteiger partial charge < -0.3 is 10.6 Å². The lowest BCUT2D eigenvalue weighted by atomic mass is 9.89. The van der Waals surface area contributed by atoms with Crippen LogP contribution in [0.15, 0.2) is 24.3 Å². The molecule has 0 aromatic heterocycles. The van der Waals surface area contributed by atoms with Gasteiger partial charge in [0.25, 0.3) is 0 Å². The zero-order valence-electron chi connectivity index (χ0n) is 15.8. The topological polar surface area (TPSA) is 61.4 Å². The number of amides is 2. The van der Waals surface area contributed by atoms with Gasteiger partial charge in [0.1, 0.15) is 0 Å². The highest BCUT2D eigenvalue weighted by molar-refractivity contribution is 5.88. The Kier molecular flexibility index (Phi) is 6.67. The summed E-state index contributed by atoms with van der Waals surface area (Å²) in [6, 6.07) is 7.86. The van der Waals surface area contributed by atoms with Crippen molar-refractivity contribution in [2.24, 2.45) is 5.92 Å². The van der Waals surface area contributed by atoms with E-state index < -0.39 is 0 Å². The molecule has 1 saturated carbocycles. The second kappa shape index (κ2) is 9.17. The van der Waals surface area contributed by atoms with Crippen LogP contribution in [0.1, 0.15) is 49.7 Å². The molecule has 1 aliphatic carbocycles. The molecule has 5 nitrogen and oxygen atoms in total. The van der Waals surface area contributed by atoms with Crippen molar-refractivity contribution in [3.05, 3.63) is 35.4 Å². The molecule has 0 unspecified atom stereocenters. The lowest BCUT2D eigenvalue weighted by Crippen LogP contribution is -2.56. The number of benzene rings is 1. The summed E-state index contributed by atoms with van der Waals surface area (Å²) in [5.41, 5.74) is 2.44. The minimum atomic E-state index is -0.380. The molecule has 2 N–H and O–H groups in total. The zero-order valence-corrected chi connectivity index (χ0v) is 15.8. The second-order valence-corrected chi connectivity index (χ2v) is 7.72. The van der Waals surface area contributed by atoms with Crippen molar-refractivity contribution in [3.63, 3.8) is 0 Å². The summed E-state index contributed by atoms with van der Waals surface area (Å²) in [7, 11) is 0. The minimum Gasteiger partial charge on any atom is -0.356 e. The Morgan fingerprint density at radius 3 is 2.77 bits per heavy atom. The smallest absolute Gasteiger partial charge is 0.237 e. The molecule has 26 heavy (non-hydrogen) atoms. The molecule has 0 bridgehead atoms. The van der Waals surface area contributed by atoms with Crippen LogP contribution in [0.5, 0.6) is 0 Å². The van der Waals surface area contributed by atoms with E-state index in [0.29, 0.717) is 19.0 Å². The minimum absolute atomic E-state index is 0.00703. The van der Waals surface area contributed by atoms with E-state index in [1.165, 1.54) is 43.2 Å². The summed E-state index contributed by atoms with van der Waals surface area (Å²) >= 11 is 0. The Morgan fingerprint density at radius 1 is 1.23 bits per heavy atom. The van der Waals surface area contributed by atoms with Crippen LogP contribution < -0.4 is 10.6 Å². The number of carbonyl (C=O) groups excluding carboxylic acids is 2. The van der Waals surface area contributed by atoms with Crippen LogP contribution in [0.4, 0.5) is 0 Å². The van der Waals surface area contributed by atoms with Crippen molar-refractivity contribution < 1.29 is 9.59 Å². The molecule has 2 fully saturated rings. The summed E-state index contributed by atoms with van der Waals surface area (Å²) < 4.78 is 0. The summed E-state index contributed by atoms with van der Waals surface area (Å²) in [4.78, 5) is 27.0. The monoisotopic (exact) mass is 357 g/mol. The van der Waals surface area contributed by atoms with E-state index >= 15 is 0 Å². The molecule has 2 aliphatic rings. The van der Waals surface area contributed by atoms with Gasteiger partial charge in [0.05, 0.1) is 12.5 Å². The normalized spacial score (nSPS) is 22.0. The van der Waals surface area contributed by atoms with E-state index in [9.17, 15) is 9.59 Å². The quantitative estimate of drug-likeness (QED) is 0.822. The first-order valence-electron chi connectivity index (χ1n) is 9.96. The highest BCUT2D eigenvalue weighted by Crippen LogP contribution is 2.23. The molecule has 2 amide bonds. The van der Waals surface area contributed by atoms with Crippen molar-refractivity contribution in [3.8, 4) is 0 Å². The van der Waals surface area contributed by atoms with E-state index in [-0.39, 0.29) is 24.3 Å². The van der Waals surface area contributed by atoms with Crippen molar-refractivity contribution in [1.82, 2.24) is 15.5 Å². The van der Waals surface area contributed by atoms with Crippen LogP contribution in [0.25, 0.3) is 0 Å². The van der Waals surface area contributed by atoms with Gasteiger partial charge in [-0.3, -0.25) is 14.5 Å². The maximum absolute atomic E-state index is 12.4. The van der Waals surface area contributed by atoms with Gasteiger partial charge in [-0.2, -0.15) is 0 Å². The summed E-state index contributed by atoms with van der Waals surface area (Å²) in [6.07, 6.45) is 6.53. The summed E-state index contributed by atoms with van der Waals surface area (Å²) in [6.45, 7) is 4.97. The van der Waals surface area contributed by atoms with Crippen LogP contribution in [-0.4, -0.2) is 42.4 Å². The molecular weight excluding hydrogens is 326 g/mol. The molecule has 1 aliphatic heterocycles. The number of nitrogens with zero attached hydrogens (tertiary/aromatic N) is 1. The third-order valence-electron chi connectivity index (χ3n) is 5.77. The second-order valence-electron chi connectivity index (χ2n) is 7.72. The van der Waals surface area contributed by atoms with Crippen LogP contribution in [0, 0.1) is 12.8 Å². The fourth-order valence-corrected chi connectivity index (χ4v) is 4.08. The number of nitrogens with one attached hydrogen (secondary N) is 2. The van der Waals surface area contributed by atoms with Crippen molar-refractivity contribution in [1.29, 1.82) is 0 Å². The van der Waals surface area contributed by atoms with E-state index in [1.54, 1.807) is 0 Å². The number of hydrogen-bond acceptors (Lipinski definition) is 3. The highest BCUT2D eigenvalue weighted by Gasteiger charge is 2.31. The Hall–Kier alpha value is -1.88. The van der Waals surface area contributed by atoms with Crippen molar-refractivity contribution in [2.75, 3.05) is 19.6 Å². The van der Waals surface area contributed by atoms with Gasteiger partial charge in [-0.25, -0.2) is 0 Å². The number of aryl methyl sites for hydroxylation is 1. The first-order valence-corrected chi connectivity index (χ1v) is 9.96. The van der Waals surface area contributed by atoms with Crippen molar-refractivity contribution >= 4 is 11.8 Å². The molecule has 142 valence electrons. The van der Waals surface area contributed by atoms with E-state index in [4.69, 9.17) is 0 Å². The average molecular weight is 357 g/mol. The molecule has 5 heteroatoms. The summed E-state index contributed by atoms with van der Waals surface area (Å²) in [5, 5.41) is 5.98. The lowest BCUT2D eigenvalue weighted by molar-refractivity contribution is -0.134. The molecule has 0 radical (unpaired) electrons. The summed E-state index contributed by atoms with van der Waals surface area (Å²) in [5.74, 6) is 0.570. The highest BCUT2D eigenvalue weighted by atomic mass is 16.2. The fraction of sp³-hybridized carbons (Fsp3) is 0.619. The number of carbonyl (C=O) groups is 2. The predicted octanol–water partition coefficient (Wildman–Crippen LogP) is 2.38. The van der Waals surface area contributed by atoms with E-state index in [1.807, 2.05) is 12.1 Å². The molecule has 1 aromatic carbocycles. The molecule has 1 saturated heterocycles. The zero-order chi connectivity index (χ0) is 18.4. The Balaban J connectivity index is 1.56. The Labute approximate surface area is 156 Å². The van der Waals surface area contributed by atoms with Crippen LogP contribution in [0.3, 0.4) is 0 Å². The molecule has 3 rings (SSSR count). The average Bonchev–Trinajstić information content (AvgIpc) is 2.65. The third kappa shape index (κ3) is 5.07. The fourth-order valence-electron chi connectivity index (χ4n) is 4.08. The predicted molar refractivity (Wildman–Crippen MR) is 103 cm³/mol. The number of rotatable bonds is 6. The van der Waals surface area contributed by atoms with E-state index in [0.717, 1.165) is 13.1 Å². The molecular formula is C21H31N3O2. The van der Waals surface area contributed by atoms with E-state index in [2.05, 4.69) is 34.6 Å². The lowest BCUT2D eigenvalue weighted by Gasteiger charge is -2.35. The van der Waals surface area contributed by atoms with Gasteiger partial charge in [0.15, 0.2) is 0 Å². The standard InChI is InChI=1S/C21H31N3O2/c1-16-7-5-6-10-18(16)15-24-12-11-22-21(26)19(24)13-20(25)23-14-17-8-3-2-4-9-17/h5-7,10,17,19H,2-4,8-9,11-15H2,1H3,(H,22,26)(H,23,25)/t19-/m0/s1. The van der Waals surface area contributed by atoms with Gasteiger partial charge in [-0.05, 0) is 36.8 Å². The molecule has 1 aromatic rings. The first-order chi connectivity index (χ1) is 12.6. The Bertz CT molecular complexity index is 625. The van der Waals surface area contributed by atoms with Crippen LogP contribution in [0.2, 0.25) is 0 Å². The van der Waals surface area contributed by atoms with Crippen LogP contribution in [-0.2, 0) is 16.1 Å². The number of hydrogen-bond donors (Lipinski definition) is 2. The molecule has 1 heterocycles. The first kappa shape index (κ1) is 18.9. The van der Waals surface area contributed by atoms with Gasteiger partial charge in [-0.1, -0.05) is 43.5 Å². The maximum Gasteiger partial charge on any atom is 0.237 e. The van der Waals surface area contributed by atoms with Gasteiger partial charge in [-0.15, -0.1) is 0 Å².